The Bertz CT molecular complexity index is 379. The van der Waals surface area contributed by atoms with E-state index in [0.717, 1.165) is 19.3 Å². The lowest BCUT2D eigenvalue weighted by molar-refractivity contribution is -0.139. The molecule has 3 atom stereocenters. The number of allylic oxidation sites excluding steroid dienone is 4. The summed E-state index contributed by atoms with van der Waals surface area (Å²) in [6, 6.07) is 0. The molecule has 0 bridgehead atoms. The van der Waals surface area contributed by atoms with Crippen LogP contribution in [0.2, 0.25) is 0 Å². The number of carboxylic acids is 1. The second-order valence-electron chi connectivity index (χ2n) is 5.72. The van der Waals surface area contributed by atoms with E-state index >= 15 is 0 Å². The van der Waals surface area contributed by atoms with E-state index in [1.165, 1.54) is 18.4 Å². The SMILES string of the molecule is CC=C1CCC2C(=CC)CCC(CC(=O)O)C2C1. The summed E-state index contributed by atoms with van der Waals surface area (Å²) in [6.07, 6.45) is 10.6. The molecule has 18 heavy (non-hydrogen) atoms. The highest BCUT2D eigenvalue weighted by Crippen LogP contribution is 2.48. The zero-order chi connectivity index (χ0) is 13.1. The van der Waals surface area contributed by atoms with Crippen LogP contribution in [-0.2, 0) is 4.79 Å². The Kier molecular flexibility index (Phi) is 4.26. The number of rotatable bonds is 2. The minimum absolute atomic E-state index is 0.356. The summed E-state index contributed by atoms with van der Waals surface area (Å²) in [7, 11) is 0. The fourth-order valence-corrected chi connectivity index (χ4v) is 3.91. The number of carbonyl (C=O) groups is 1. The second kappa shape index (κ2) is 5.73. The van der Waals surface area contributed by atoms with Crippen LogP contribution in [0.15, 0.2) is 23.3 Å². The maximum Gasteiger partial charge on any atom is 0.303 e. The van der Waals surface area contributed by atoms with Gasteiger partial charge >= 0.3 is 5.97 Å². The number of hydrogen-bond acceptors (Lipinski definition) is 1. The number of hydrogen-bond donors (Lipinski definition) is 1. The standard InChI is InChI=1S/C16H24O2/c1-3-11-5-8-14-12(4-2)6-7-13(10-16(17)18)15(14)9-11/h3-4,13-15H,5-10H2,1-2H3,(H,17,18). The minimum atomic E-state index is -0.629. The maximum atomic E-state index is 11.0. The molecule has 2 nitrogen and oxygen atoms in total. The molecule has 2 saturated carbocycles. The number of fused-ring (bicyclic) bond motifs is 1. The van der Waals surface area contributed by atoms with Crippen molar-refractivity contribution in [2.45, 2.75) is 52.4 Å². The number of aliphatic carboxylic acids is 1. The van der Waals surface area contributed by atoms with E-state index in [-0.39, 0.29) is 0 Å². The predicted octanol–water partition coefficient (Wildman–Crippen LogP) is 4.18. The third-order valence-corrected chi connectivity index (χ3v) is 4.89. The molecule has 0 heterocycles. The lowest BCUT2D eigenvalue weighted by Gasteiger charge is -2.43. The van der Waals surface area contributed by atoms with Crippen molar-refractivity contribution < 1.29 is 9.90 Å². The summed E-state index contributed by atoms with van der Waals surface area (Å²) < 4.78 is 0. The first kappa shape index (κ1) is 13.4. The summed E-state index contributed by atoms with van der Waals surface area (Å²) in [5.41, 5.74) is 3.11. The first-order valence-corrected chi connectivity index (χ1v) is 7.16. The van der Waals surface area contributed by atoms with E-state index in [4.69, 9.17) is 5.11 Å². The van der Waals surface area contributed by atoms with Crippen molar-refractivity contribution in [3.63, 3.8) is 0 Å². The smallest absolute Gasteiger partial charge is 0.303 e. The zero-order valence-electron chi connectivity index (χ0n) is 11.5. The van der Waals surface area contributed by atoms with Crippen molar-refractivity contribution in [2.24, 2.45) is 17.8 Å². The first-order valence-electron chi connectivity index (χ1n) is 7.16. The molecule has 0 aliphatic heterocycles. The van der Waals surface area contributed by atoms with E-state index in [1.54, 1.807) is 5.57 Å². The van der Waals surface area contributed by atoms with Crippen molar-refractivity contribution in [3.05, 3.63) is 23.3 Å². The molecule has 0 spiro atoms. The fraction of sp³-hybridized carbons (Fsp3) is 0.688. The molecule has 0 saturated heterocycles. The molecule has 2 fully saturated rings. The predicted molar refractivity (Wildman–Crippen MR) is 73.3 cm³/mol. The Balaban J connectivity index is 2.18. The summed E-state index contributed by atoms with van der Waals surface area (Å²) in [5.74, 6) is 0.972. The summed E-state index contributed by atoms with van der Waals surface area (Å²) in [4.78, 5) is 11.0. The summed E-state index contributed by atoms with van der Waals surface area (Å²) >= 11 is 0. The Morgan fingerprint density at radius 3 is 2.67 bits per heavy atom. The first-order chi connectivity index (χ1) is 8.65. The maximum absolute atomic E-state index is 11.0. The molecule has 2 aliphatic rings. The van der Waals surface area contributed by atoms with E-state index < -0.39 is 5.97 Å². The van der Waals surface area contributed by atoms with E-state index in [2.05, 4.69) is 26.0 Å². The van der Waals surface area contributed by atoms with Gasteiger partial charge in [0.25, 0.3) is 0 Å². The Morgan fingerprint density at radius 1 is 1.28 bits per heavy atom. The minimum Gasteiger partial charge on any atom is -0.481 e. The van der Waals surface area contributed by atoms with Gasteiger partial charge in [0.1, 0.15) is 0 Å². The van der Waals surface area contributed by atoms with Gasteiger partial charge in [0.05, 0.1) is 0 Å². The monoisotopic (exact) mass is 248 g/mol. The van der Waals surface area contributed by atoms with Crippen LogP contribution in [0.5, 0.6) is 0 Å². The van der Waals surface area contributed by atoms with Gasteiger partial charge in [-0.25, -0.2) is 0 Å². The molecule has 1 N–H and O–H groups in total. The van der Waals surface area contributed by atoms with Gasteiger partial charge in [0.2, 0.25) is 0 Å². The van der Waals surface area contributed by atoms with E-state index in [9.17, 15) is 4.79 Å². The van der Waals surface area contributed by atoms with Crippen LogP contribution in [-0.4, -0.2) is 11.1 Å². The third kappa shape index (κ3) is 2.68. The van der Waals surface area contributed by atoms with Crippen LogP contribution in [0, 0.1) is 17.8 Å². The van der Waals surface area contributed by atoms with Gasteiger partial charge in [-0.3, -0.25) is 4.79 Å². The van der Waals surface area contributed by atoms with Crippen LogP contribution in [0.4, 0.5) is 0 Å². The molecule has 0 amide bonds. The summed E-state index contributed by atoms with van der Waals surface area (Å²) in [5, 5.41) is 9.07. The molecule has 0 aromatic heterocycles. The highest BCUT2D eigenvalue weighted by molar-refractivity contribution is 5.67. The van der Waals surface area contributed by atoms with Gasteiger partial charge in [-0.1, -0.05) is 23.3 Å². The number of carboxylic acid groups (broad SMARTS) is 1. The van der Waals surface area contributed by atoms with Crippen molar-refractivity contribution >= 4 is 5.97 Å². The average Bonchev–Trinajstić information content (AvgIpc) is 2.38. The molecule has 0 radical (unpaired) electrons. The molecular formula is C16H24O2. The van der Waals surface area contributed by atoms with Gasteiger partial charge in [-0.2, -0.15) is 0 Å². The van der Waals surface area contributed by atoms with Gasteiger partial charge < -0.3 is 5.11 Å². The normalized spacial score (nSPS) is 36.7. The van der Waals surface area contributed by atoms with E-state index in [1.807, 2.05) is 0 Å². The molecule has 2 rings (SSSR count). The second-order valence-corrected chi connectivity index (χ2v) is 5.72. The topological polar surface area (TPSA) is 37.3 Å². The van der Waals surface area contributed by atoms with Crippen LogP contribution in [0.1, 0.15) is 52.4 Å². The Hall–Kier alpha value is -1.05. The third-order valence-electron chi connectivity index (χ3n) is 4.89. The molecular weight excluding hydrogens is 224 g/mol. The molecule has 2 heteroatoms. The largest absolute Gasteiger partial charge is 0.481 e. The van der Waals surface area contributed by atoms with Crippen LogP contribution in [0.25, 0.3) is 0 Å². The van der Waals surface area contributed by atoms with Gasteiger partial charge in [0, 0.05) is 6.42 Å². The van der Waals surface area contributed by atoms with Crippen molar-refractivity contribution in [1.82, 2.24) is 0 Å². The molecule has 100 valence electrons. The Morgan fingerprint density at radius 2 is 2.06 bits per heavy atom. The van der Waals surface area contributed by atoms with Gasteiger partial charge in [0.15, 0.2) is 0 Å². The van der Waals surface area contributed by atoms with E-state index in [0.29, 0.717) is 24.2 Å². The van der Waals surface area contributed by atoms with Crippen LogP contribution < -0.4 is 0 Å². The molecule has 0 aromatic rings. The lowest BCUT2D eigenvalue weighted by Crippen LogP contribution is -2.34. The van der Waals surface area contributed by atoms with Crippen LogP contribution in [0.3, 0.4) is 0 Å². The van der Waals surface area contributed by atoms with Crippen molar-refractivity contribution in [3.8, 4) is 0 Å². The lowest BCUT2D eigenvalue weighted by atomic mass is 9.61. The molecule has 0 aromatic carbocycles. The fourth-order valence-electron chi connectivity index (χ4n) is 3.91. The molecule has 2 aliphatic carbocycles. The molecule has 3 unspecified atom stereocenters. The van der Waals surface area contributed by atoms with Gasteiger partial charge in [-0.15, -0.1) is 0 Å². The summed E-state index contributed by atoms with van der Waals surface area (Å²) in [6.45, 7) is 4.25. The highest BCUT2D eigenvalue weighted by Gasteiger charge is 2.38. The zero-order valence-corrected chi connectivity index (χ0v) is 11.5. The highest BCUT2D eigenvalue weighted by atomic mass is 16.4. The van der Waals surface area contributed by atoms with Gasteiger partial charge in [-0.05, 0) is 63.7 Å². The van der Waals surface area contributed by atoms with Crippen LogP contribution >= 0.6 is 0 Å². The van der Waals surface area contributed by atoms with Crippen molar-refractivity contribution in [1.29, 1.82) is 0 Å². The Labute approximate surface area is 110 Å². The van der Waals surface area contributed by atoms with Crippen molar-refractivity contribution in [2.75, 3.05) is 0 Å². The average molecular weight is 248 g/mol. The quantitative estimate of drug-likeness (QED) is 0.744.